The maximum Gasteiger partial charge on any atom is 0.258 e. The largest absolute Gasteiger partial charge is 0.492 e. The number of benzene rings is 2. The third-order valence-electron chi connectivity index (χ3n) is 4.62. The molecule has 0 aromatic heterocycles. The second-order valence-corrected chi connectivity index (χ2v) is 8.57. The molecule has 1 saturated heterocycles. The zero-order valence-electron chi connectivity index (χ0n) is 16.0. The molecular weight excluding hydrogens is 402 g/mol. The Hall–Kier alpha value is -2.52. The van der Waals surface area contributed by atoms with E-state index in [-0.39, 0.29) is 22.9 Å². The smallest absolute Gasteiger partial charge is 0.258 e. The quantitative estimate of drug-likeness (QED) is 0.766. The summed E-state index contributed by atoms with van der Waals surface area (Å²) in [6.07, 6.45) is 2.56. The molecule has 1 amide bonds. The molecule has 0 atom stereocenters. The van der Waals surface area contributed by atoms with Crippen LogP contribution in [0.4, 0.5) is 14.5 Å². The van der Waals surface area contributed by atoms with Gasteiger partial charge >= 0.3 is 0 Å². The van der Waals surface area contributed by atoms with Crippen LogP contribution in [0.3, 0.4) is 0 Å². The highest BCUT2D eigenvalue weighted by Gasteiger charge is 2.27. The van der Waals surface area contributed by atoms with E-state index in [9.17, 15) is 22.0 Å². The van der Waals surface area contributed by atoms with E-state index < -0.39 is 33.1 Å². The van der Waals surface area contributed by atoms with Gasteiger partial charge in [-0.15, -0.1) is 0 Å². The third kappa shape index (κ3) is 4.73. The highest BCUT2D eigenvalue weighted by atomic mass is 32.2. The highest BCUT2D eigenvalue weighted by molar-refractivity contribution is 7.89. The van der Waals surface area contributed by atoms with E-state index in [0.29, 0.717) is 13.1 Å². The monoisotopic (exact) mass is 424 g/mol. The summed E-state index contributed by atoms with van der Waals surface area (Å²) in [5.74, 6) is -2.33. The molecule has 2 aromatic rings. The van der Waals surface area contributed by atoms with Crippen LogP contribution < -0.4 is 10.1 Å². The molecule has 0 unspecified atom stereocenters. The Balaban J connectivity index is 1.95. The lowest BCUT2D eigenvalue weighted by atomic mass is 10.2. The Labute approximate surface area is 168 Å². The summed E-state index contributed by atoms with van der Waals surface area (Å²) < 4.78 is 60.0. The lowest BCUT2D eigenvalue weighted by molar-refractivity contribution is 0.102. The number of piperidine rings is 1. The predicted octanol–water partition coefficient (Wildman–Crippen LogP) is 3.79. The summed E-state index contributed by atoms with van der Waals surface area (Å²) in [5.41, 5.74) is -0.421. The average molecular weight is 424 g/mol. The molecule has 0 radical (unpaired) electrons. The number of nitrogens with zero attached hydrogens (tertiary/aromatic N) is 1. The van der Waals surface area contributed by atoms with Gasteiger partial charge in [-0.1, -0.05) is 6.42 Å². The van der Waals surface area contributed by atoms with Crippen molar-refractivity contribution in [3.8, 4) is 5.75 Å². The van der Waals surface area contributed by atoms with Crippen LogP contribution in [0.15, 0.2) is 41.3 Å². The van der Waals surface area contributed by atoms with Gasteiger partial charge in [0.25, 0.3) is 5.91 Å². The molecular formula is C20H22F2N2O4S. The van der Waals surface area contributed by atoms with Crippen LogP contribution in [0.1, 0.15) is 36.5 Å². The molecule has 1 heterocycles. The number of carbonyl (C=O) groups excluding carboxylic acids is 1. The molecule has 1 N–H and O–H groups in total. The first kappa shape index (κ1) is 21.2. The van der Waals surface area contributed by atoms with Crippen LogP contribution in [0.25, 0.3) is 0 Å². The molecule has 1 aliphatic rings. The van der Waals surface area contributed by atoms with Gasteiger partial charge in [-0.3, -0.25) is 4.79 Å². The topological polar surface area (TPSA) is 75.7 Å². The van der Waals surface area contributed by atoms with Gasteiger partial charge < -0.3 is 10.1 Å². The maximum absolute atomic E-state index is 13.9. The molecule has 3 rings (SSSR count). The van der Waals surface area contributed by atoms with E-state index in [4.69, 9.17) is 4.74 Å². The molecule has 2 aromatic carbocycles. The fourth-order valence-electron chi connectivity index (χ4n) is 3.16. The van der Waals surface area contributed by atoms with Gasteiger partial charge in [0.05, 0.1) is 22.8 Å². The van der Waals surface area contributed by atoms with Crippen molar-refractivity contribution < 1.29 is 26.7 Å². The SMILES string of the molecule is CCOc1ccc(S(=O)(=O)N2CCCCC2)cc1NC(=O)c1cc(F)ccc1F. The van der Waals surface area contributed by atoms with Crippen LogP contribution in [0.5, 0.6) is 5.75 Å². The average Bonchev–Trinajstić information content (AvgIpc) is 2.71. The number of halogens is 2. The second-order valence-electron chi connectivity index (χ2n) is 6.63. The fourth-order valence-corrected chi connectivity index (χ4v) is 4.71. The zero-order valence-corrected chi connectivity index (χ0v) is 16.8. The first-order valence-corrected chi connectivity index (χ1v) is 10.8. The van der Waals surface area contributed by atoms with Crippen molar-refractivity contribution in [1.29, 1.82) is 0 Å². The molecule has 1 aliphatic heterocycles. The number of amides is 1. The van der Waals surface area contributed by atoms with E-state index >= 15 is 0 Å². The summed E-state index contributed by atoms with van der Waals surface area (Å²) in [5, 5.41) is 2.44. The van der Waals surface area contributed by atoms with E-state index in [1.807, 2.05) is 0 Å². The molecule has 0 spiro atoms. The first-order valence-electron chi connectivity index (χ1n) is 9.36. The molecule has 0 bridgehead atoms. The summed E-state index contributed by atoms with van der Waals surface area (Å²) in [7, 11) is -3.74. The van der Waals surface area contributed by atoms with Gasteiger partial charge in [0.2, 0.25) is 10.0 Å². The minimum Gasteiger partial charge on any atom is -0.492 e. The zero-order chi connectivity index (χ0) is 21.0. The van der Waals surface area contributed by atoms with Crippen molar-refractivity contribution in [3.05, 3.63) is 53.6 Å². The number of anilines is 1. The van der Waals surface area contributed by atoms with Gasteiger partial charge in [-0.2, -0.15) is 4.31 Å². The number of carbonyl (C=O) groups is 1. The van der Waals surface area contributed by atoms with Crippen LogP contribution in [0.2, 0.25) is 0 Å². The van der Waals surface area contributed by atoms with Crippen molar-refractivity contribution in [1.82, 2.24) is 4.31 Å². The Morgan fingerprint density at radius 1 is 1.10 bits per heavy atom. The minimum absolute atomic E-state index is 0.00197. The van der Waals surface area contributed by atoms with Crippen molar-refractivity contribution in [2.45, 2.75) is 31.1 Å². The van der Waals surface area contributed by atoms with Crippen molar-refractivity contribution in [2.24, 2.45) is 0 Å². The summed E-state index contributed by atoms with van der Waals surface area (Å²) in [4.78, 5) is 12.5. The Kier molecular flexibility index (Phi) is 6.49. The van der Waals surface area contributed by atoms with Gasteiger partial charge in [0.1, 0.15) is 17.4 Å². The molecule has 0 saturated carbocycles. The van der Waals surface area contributed by atoms with E-state index in [1.165, 1.54) is 22.5 Å². The van der Waals surface area contributed by atoms with Crippen molar-refractivity contribution >= 4 is 21.6 Å². The van der Waals surface area contributed by atoms with E-state index in [1.54, 1.807) is 6.92 Å². The third-order valence-corrected chi connectivity index (χ3v) is 6.52. The van der Waals surface area contributed by atoms with Gasteiger partial charge in [0.15, 0.2) is 0 Å². The number of nitrogens with one attached hydrogen (secondary N) is 1. The lowest BCUT2D eigenvalue weighted by Crippen LogP contribution is -2.35. The van der Waals surface area contributed by atoms with E-state index in [0.717, 1.165) is 37.5 Å². The van der Waals surface area contributed by atoms with Crippen LogP contribution in [-0.4, -0.2) is 38.3 Å². The van der Waals surface area contributed by atoms with Gasteiger partial charge in [0, 0.05) is 13.1 Å². The number of sulfonamides is 1. The standard InChI is InChI=1S/C20H22F2N2O4S/c1-2-28-19-9-7-15(29(26,27)24-10-4-3-5-11-24)13-18(19)23-20(25)16-12-14(21)6-8-17(16)22/h6-9,12-13H,2-5,10-11H2,1H3,(H,23,25). The van der Waals surface area contributed by atoms with E-state index in [2.05, 4.69) is 5.32 Å². The molecule has 1 fully saturated rings. The normalized spacial score (nSPS) is 15.1. The molecule has 29 heavy (non-hydrogen) atoms. The minimum atomic E-state index is -3.74. The summed E-state index contributed by atoms with van der Waals surface area (Å²) in [6, 6.07) is 6.67. The number of hydrogen-bond acceptors (Lipinski definition) is 4. The molecule has 0 aliphatic carbocycles. The van der Waals surface area contributed by atoms with Crippen LogP contribution >= 0.6 is 0 Å². The number of hydrogen-bond donors (Lipinski definition) is 1. The van der Waals surface area contributed by atoms with Gasteiger partial charge in [-0.05, 0) is 56.2 Å². The molecule has 6 nitrogen and oxygen atoms in total. The molecule has 156 valence electrons. The summed E-state index contributed by atoms with van der Waals surface area (Å²) >= 11 is 0. The maximum atomic E-state index is 13.9. The predicted molar refractivity (Wildman–Crippen MR) is 105 cm³/mol. The van der Waals surface area contributed by atoms with Crippen molar-refractivity contribution in [2.75, 3.05) is 25.0 Å². The number of rotatable bonds is 6. The van der Waals surface area contributed by atoms with Crippen LogP contribution in [-0.2, 0) is 10.0 Å². The Bertz CT molecular complexity index is 1010. The first-order chi connectivity index (χ1) is 13.8. The fraction of sp³-hybridized carbons (Fsp3) is 0.350. The van der Waals surface area contributed by atoms with Gasteiger partial charge in [-0.25, -0.2) is 17.2 Å². The van der Waals surface area contributed by atoms with Crippen LogP contribution in [0, 0.1) is 11.6 Å². The Morgan fingerprint density at radius 3 is 2.52 bits per heavy atom. The van der Waals surface area contributed by atoms with Crippen molar-refractivity contribution in [3.63, 3.8) is 0 Å². The molecule has 9 heteroatoms. The highest BCUT2D eigenvalue weighted by Crippen LogP contribution is 2.31. The summed E-state index contributed by atoms with van der Waals surface area (Å²) in [6.45, 7) is 2.88. The second kappa shape index (κ2) is 8.87. The Morgan fingerprint density at radius 2 is 1.83 bits per heavy atom. The number of ether oxygens (including phenoxy) is 1. The lowest BCUT2D eigenvalue weighted by Gasteiger charge is -2.26.